The van der Waals surface area contributed by atoms with Gasteiger partial charge in [-0.1, -0.05) is 18.5 Å². The van der Waals surface area contributed by atoms with Crippen LogP contribution in [0.4, 0.5) is 0 Å². The highest BCUT2D eigenvalue weighted by molar-refractivity contribution is 6.30. The average molecular weight is 271 g/mol. The molecule has 0 bridgehead atoms. The number of carboxylic acids is 2. The molecule has 0 saturated heterocycles. The van der Waals surface area contributed by atoms with E-state index in [-0.39, 0.29) is 5.56 Å². The van der Waals surface area contributed by atoms with Crippen molar-refractivity contribution >= 4 is 29.3 Å². The number of ketones is 1. The molecule has 0 unspecified atom stereocenters. The second kappa shape index (κ2) is 5.64. The highest BCUT2D eigenvalue weighted by Gasteiger charge is 2.36. The van der Waals surface area contributed by atoms with E-state index < -0.39 is 29.6 Å². The molecule has 96 valence electrons. The fourth-order valence-corrected chi connectivity index (χ4v) is 1.69. The van der Waals surface area contributed by atoms with Gasteiger partial charge in [-0.05, 0) is 24.3 Å². The Morgan fingerprint density at radius 2 is 1.50 bits per heavy atom. The molecule has 0 heterocycles. The Morgan fingerprint density at radius 3 is 1.89 bits per heavy atom. The van der Waals surface area contributed by atoms with Gasteiger partial charge in [-0.2, -0.15) is 0 Å². The molecule has 0 aliphatic rings. The number of hydrogen-bond donors (Lipinski definition) is 2. The van der Waals surface area contributed by atoms with Gasteiger partial charge in [-0.3, -0.25) is 14.4 Å². The molecular weight excluding hydrogens is 260 g/mol. The monoisotopic (exact) mass is 270 g/mol. The summed E-state index contributed by atoms with van der Waals surface area (Å²) in [5.41, 5.74) is 0.236. The Hall–Kier alpha value is -1.88. The molecule has 2 N–H and O–H groups in total. The van der Waals surface area contributed by atoms with E-state index in [4.69, 9.17) is 21.8 Å². The van der Waals surface area contributed by atoms with Gasteiger partial charge in [0.2, 0.25) is 0 Å². The normalized spacial score (nSPS) is 12.2. The smallest absolute Gasteiger partial charge is 0.318 e. The molecule has 0 radical (unpaired) electrons. The molecule has 0 aromatic heterocycles. The molecule has 0 spiro atoms. The van der Waals surface area contributed by atoms with Crippen LogP contribution in [0.1, 0.15) is 17.3 Å². The molecule has 0 saturated carbocycles. The third-order valence-corrected chi connectivity index (χ3v) is 2.83. The van der Waals surface area contributed by atoms with Crippen LogP contribution in [0.25, 0.3) is 0 Å². The molecule has 1 rings (SSSR count). The van der Waals surface area contributed by atoms with E-state index in [0.29, 0.717) is 5.02 Å². The lowest BCUT2D eigenvalue weighted by atomic mass is 9.87. The Bertz CT molecular complexity index is 466. The summed E-state index contributed by atoms with van der Waals surface area (Å²) < 4.78 is 0. The number of carbonyl (C=O) groups is 3. The Kier molecular flexibility index (Phi) is 4.44. The lowest BCUT2D eigenvalue weighted by Gasteiger charge is -2.15. The summed E-state index contributed by atoms with van der Waals surface area (Å²) >= 11 is 5.66. The number of rotatable bonds is 5. The van der Waals surface area contributed by atoms with Crippen molar-refractivity contribution in [3.05, 3.63) is 34.9 Å². The first-order valence-electron chi connectivity index (χ1n) is 5.10. The second-order valence-electron chi connectivity index (χ2n) is 3.81. The molecule has 1 aromatic carbocycles. The van der Waals surface area contributed by atoms with E-state index in [1.807, 2.05) is 0 Å². The molecule has 0 fully saturated rings. The van der Waals surface area contributed by atoms with E-state index in [0.717, 1.165) is 0 Å². The lowest BCUT2D eigenvalue weighted by molar-refractivity contribution is -0.156. The average Bonchev–Trinajstić information content (AvgIpc) is 2.28. The Morgan fingerprint density at radius 1 is 1.06 bits per heavy atom. The molecule has 6 heteroatoms. The molecule has 0 aliphatic carbocycles. The maximum atomic E-state index is 11.9. The van der Waals surface area contributed by atoms with Gasteiger partial charge in [0.25, 0.3) is 0 Å². The van der Waals surface area contributed by atoms with E-state index >= 15 is 0 Å². The number of halogens is 1. The topological polar surface area (TPSA) is 91.7 Å². The van der Waals surface area contributed by atoms with E-state index in [1.54, 1.807) is 0 Å². The predicted molar refractivity (Wildman–Crippen MR) is 63.7 cm³/mol. The lowest BCUT2D eigenvalue weighted by Crippen LogP contribution is -2.34. The highest BCUT2D eigenvalue weighted by Crippen LogP contribution is 2.20. The number of hydrogen-bond acceptors (Lipinski definition) is 3. The standard InChI is InChI=1S/C12H11ClO5/c1-6(9(11(15)16)12(17)18)10(14)7-2-4-8(13)5-3-7/h2-6,9H,1H3,(H,15,16)(H,17,18)/t6-/m1/s1. The van der Waals surface area contributed by atoms with Crippen molar-refractivity contribution in [1.82, 2.24) is 0 Å². The summed E-state index contributed by atoms with van der Waals surface area (Å²) in [6, 6.07) is 5.83. The van der Waals surface area contributed by atoms with Gasteiger partial charge in [0, 0.05) is 16.5 Å². The largest absolute Gasteiger partial charge is 0.481 e. The summed E-state index contributed by atoms with van der Waals surface area (Å²) in [6.07, 6.45) is 0. The van der Waals surface area contributed by atoms with Gasteiger partial charge in [0.15, 0.2) is 11.7 Å². The van der Waals surface area contributed by atoms with Gasteiger partial charge in [-0.25, -0.2) is 0 Å². The fourth-order valence-electron chi connectivity index (χ4n) is 1.56. The third kappa shape index (κ3) is 3.07. The van der Waals surface area contributed by atoms with Crippen molar-refractivity contribution in [3.63, 3.8) is 0 Å². The molecule has 1 aromatic rings. The minimum atomic E-state index is -1.76. The molecule has 0 aliphatic heterocycles. The SMILES string of the molecule is C[C@@H](C(=O)c1ccc(Cl)cc1)C(C(=O)O)C(=O)O. The van der Waals surface area contributed by atoms with Crippen molar-refractivity contribution < 1.29 is 24.6 Å². The quantitative estimate of drug-likeness (QED) is 0.630. The molecule has 18 heavy (non-hydrogen) atoms. The highest BCUT2D eigenvalue weighted by atomic mass is 35.5. The summed E-state index contributed by atoms with van der Waals surface area (Å²) in [6.45, 7) is 1.28. The zero-order valence-corrected chi connectivity index (χ0v) is 10.2. The summed E-state index contributed by atoms with van der Waals surface area (Å²) in [5, 5.41) is 18.0. The third-order valence-electron chi connectivity index (χ3n) is 2.57. The summed E-state index contributed by atoms with van der Waals surface area (Å²) in [7, 11) is 0. The zero-order valence-electron chi connectivity index (χ0n) is 9.46. The minimum absolute atomic E-state index is 0.236. The molecular formula is C12H11ClO5. The van der Waals surface area contributed by atoms with Crippen molar-refractivity contribution in [3.8, 4) is 0 Å². The molecule has 5 nitrogen and oxygen atoms in total. The van der Waals surface area contributed by atoms with Crippen molar-refractivity contribution in [2.75, 3.05) is 0 Å². The van der Waals surface area contributed by atoms with Crippen LogP contribution in [0, 0.1) is 11.8 Å². The van der Waals surface area contributed by atoms with Crippen LogP contribution in [-0.4, -0.2) is 27.9 Å². The van der Waals surface area contributed by atoms with Gasteiger partial charge in [-0.15, -0.1) is 0 Å². The van der Waals surface area contributed by atoms with Crippen molar-refractivity contribution in [1.29, 1.82) is 0 Å². The van der Waals surface area contributed by atoms with Gasteiger partial charge in [0.1, 0.15) is 0 Å². The van der Waals surface area contributed by atoms with Gasteiger partial charge < -0.3 is 10.2 Å². The van der Waals surface area contributed by atoms with Crippen LogP contribution in [0.3, 0.4) is 0 Å². The fraction of sp³-hybridized carbons (Fsp3) is 0.250. The molecule has 1 atom stereocenters. The van der Waals surface area contributed by atoms with Crippen LogP contribution in [0.5, 0.6) is 0 Å². The van der Waals surface area contributed by atoms with Crippen LogP contribution in [-0.2, 0) is 9.59 Å². The van der Waals surface area contributed by atoms with E-state index in [2.05, 4.69) is 0 Å². The number of Topliss-reactive ketones (excluding diaryl/α,β-unsaturated/α-hetero) is 1. The number of benzene rings is 1. The Balaban J connectivity index is 2.99. The van der Waals surface area contributed by atoms with Crippen LogP contribution < -0.4 is 0 Å². The summed E-state index contributed by atoms with van der Waals surface area (Å²) in [5.74, 6) is -6.51. The maximum Gasteiger partial charge on any atom is 0.318 e. The first kappa shape index (κ1) is 14.2. The van der Waals surface area contributed by atoms with Crippen LogP contribution >= 0.6 is 11.6 Å². The van der Waals surface area contributed by atoms with E-state index in [9.17, 15) is 14.4 Å². The first-order valence-corrected chi connectivity index (χ1v) is 5.47. The van der Waals surface area contributed by atoms with Crippen molar-refractivity contribution in [2.45, 2.75) is 6.92 Å². The first-order chi connectivity index (χ1) is 8.34. The second-order valence-corrected chi connectivity index (χ2v) is 4.25. The summed E-state index contributed by atoms with van der Waals surface area (Å²) in [4.78, 5) is 33.6. The zero-order chi connectivity index (χ0) is 13.9. The predicted octanol–water partition coefficient (Wildman–Crippen LogP) is 1.94. The number of aliphatic carboxylic acids is 2. The Labute approximate surface area is 108 Å². The maximum absolute atomic E-state index is 11.9. The van der Waals surface area contributed by atoms with Crippen LogP contribution in [0.15, 0.2) is 24.3 Å². The van der Waals surface area contributed by atoms with Gasteiger partial charge in [0.05, 0.1) is 0 Å². The van der Waals surface area contributed by atoms with E-state index in [1.165, 1.54) is 31.2 Å². The molecule has 0 amide bonds. The number of carbonyl (C=O) groups excluding carboxylic acids is 1. The number of carboxylic acid groups (broad SMARTS) is 2. The van der Waals surface area contributed by atoms with Crippen molar-refractivity contribution in [2.24, 2.45) is 11.8 Å². The minimum Gasteiger partial charge on any atom is -0.481 e. The van der Waals surface area contributed by atoms with Gasteiger partial charge >= 0.3 is 11.9 Å². The van der Waals surface area contributed by atoms with Crippen LogP contribution in [0.2, 0.25) is 5.02 Å².